The van der Waals surface area contributed by atoms with Crippen molar-refractivity contribution in [1.29, 1.82) is 0 Å². The number of carbonyl (C=O) groups excluding carboxylic acids is 1. The van der Waals surface area contributed by atoms with E-state index in [1.165, 1.54) is 27.0 Å². The fourth-order valence-corrected chi connectivity index (χ4v) is 8.14. The van der Waals surface area contributed by atoms with Crippen molar-refractivity contribution in [2.75, 3.05) is 11.4 Å². The van der Waals surface area contributed by atoms with Crippen LogP contribution in [0.3, 0.4) is 0 Å². The molecule has 0 spiro atoms. The van der Waals surface area contributed by atoms with Gasteiger partial charge in [0.2, 0.25) is 5.91 Å². The van der Waals surface area contributed by atoms with Crippen LogP contribution in [0.15, 0.2) is 64.2 Å². The van der Waals surface area contributed by atoms with E-state index in [9.17, 15) is 13.2 Å². The van der Waals surface area contributed by atoms with Gasteiger partial charge in [0.15, 0.2) is 5.13 Å². The molecule has 6 nitrogen and oxygen atoms in total. The normalized spacial score (nSPS) is 16.8. The molecule has 1 aliphatic rings. The van der Waals surface area contributed by atoms with Crippen LogP contribution in [0.5, 0.6) is 0 Å². The lowest BCUT2D eigenvalue weighted by molar-refractivity contribution is -0.121. The topological polar surface area (TPSA) is 70.6 Å². The summed E-state index contributed by atoms with van der Waals surface area (Å²) >= 11 is 8.88. The number of thiophene rings is 1. The Bertz CT molecular complexity index is 1440. The third-order valence-electron chi connectivity index (χ3n) is 5.96. The third kappa shape index (κ3) is 4.27. The van der Waals surface area contributed by atoms with Gasteiger partial charge in [-0.1, -0.05) is 59.3 Å². The van der Waals surface area contributed by atoms with E-state index in [1.807, 2.05) is 49.4 Å². The molecule has 5 rings (SSSR count). The summed E-state index contributed by atoms with van der Waals surface area (Å²) in [5, 5.41) is 2.89. The van der Waals surface area contributed by atoms with Gasteiger partial charge in [0.1, 0.15) is 10.3 Å². The monoisotopic (exact) mass is 531 g/mol. The lowest BCUT2D eigenvalue weighted by atomic mass is 10.1. The molecule has 1 saturated heterocycles. The van der Waals surface area contributed by atoms with Crippen molar-refractivity contribution in [3.8, 4) is 0 Å². The Morgan fingerprint density at radius 3 is 2.71 bits per heavy atom. The smallest absolute Gasteiger partial charge is 0.253 e. The van der Waals surface area contributed by atoms with Gasteiger partial charge in [-0.3, -0.25) is 9.69 Å². The predicted molar refractivity (Wildman–Crippen MR) is 138 cm³/mol. The van der Waals surface area contributed by atoms with Crippen molar-refractivity contribution in [3.63, 3.8) is 0 Å². The number of rotatable bonds is 6. The van der Waals surface area contributed by atoms with Crippen molar-refractivity contribution >= 4 is 65.6 Å². The first-order valence-corrected chi connectivity index (χ1v) is 14.3. The lowest BCUT2D eigenvalue weighted by Gasteiger charge is -2.28. The van der Waals surface area contributed by atoms with Gasteiger partial charge in [-0.15, -0.1) is 11.3 Å². The van der Waals surface area contributed by atoms with Gasteiger partial charge in [-0.25, -0.2) is 13.4 Å². The highest BCUT2D eigenvalue weighted by molar-refractivity contribution is 7.91. The quantitative estimate of drug-likeness (QED) is 0.320. The Morgan fingerprint density at radius 2 is 1.97 bits per heavy atom. The number of carbonyl (C=O) groups is 1. The van der Waals surface area contributed by atoms with Crippen LogP contribution in [0, 0.1) is 6.92 Å². The van der Waals surface area contributed by atoms with E-state index < -0.39 is 16.1 Å². The van der Waals surface area contributed by atoms with Crippen molar-refractivity contribution in [1.82, 2.24) is 9.29 Å². The average molecular weight is 532 g/mol. The minimum absolute atomic E-state index is 0.257. The number of amides is 1. The van der Waals surface area contributed by atoms with Gasteiger partial charge in [-0.2, -0.15) is 4.31 Å². The van der Waals surface area contributed by atoms with Crippen LogP contribution < -0.4 is 4.90 Å². The van der Waals surface area contributed by atoms with Gasteiger partial charge >= 0.3 is 0 Å². The Labute approximate surface area is 211 Å². The number of fused-ring (bicyclic) bond motifs is 1. The Kier molecular flexibility index (Phi) is 6.47. The standard InChI is InChI=1S/C24H22ClN3O3S3/c1-16-18(25)11-12-20-22(16)26-24(33-20)27(15-17-7-3-2-4-8-17)23(29)19-9-5-13-28(19)34(30,31)21-10-6-14-32-21/h2-4,6-8,10-12,14,19H,5,9,13,15H2,1H3. The number of anilines is 1. The number of hydrogen-bond acceptors (Lipinski definition) is 6. The lowest BCUT2D eigenvalue weighted by Crippen LogP contribution is -2.47. The van der Waals surface area contributed by atoms with Gasteiger partial charge in [0, 0.05) is 11.6 Å². The molecule has 1 aliphatic heterocycles. The minimum atomic E-state index is -3.75. The van der Waals surface area contributed by atoms with Crippen LogP contribution in [0.4, 0.5) is 5.13 Å². The number of sulfonamides is 1. The maximum absolute atomic E-state index is 14.0. The summed E-state index contributed by atoms with van der Waals surface area (Å²) in [6.45, 7) is 2.53. The Balaban J connectivity index is 1.55. The fourth-order valence-electron chi connectivity index (χ4n) is 4.19. The highest BCUT2D eigenvalue weighted by Gasteiger charge is 2.42. The van der Waals surface area contributed by atoms with E-state index in [0.717, 1.165) is 21.3 Å². The summed E-state index contributed by atoms with van der Waals surface area (Å²) in [5.41, 5.74) is 2.56. The minimum Gasteiger partial charge on any atom is -0.282 e. The van der Waals surface area contributed by atoms with Gasteiger partial charge in [0.05, 0.1) is 16.8 Å². The van der Waals surface area contributed by atoms with Crippen LogP contribution in [0.1, 0.15) is 24.0 Å². The first kappa shape index (κ1) is 23.4. The zero-order valence-corrected chi connectivity index (χ0v) is 21.6. The van der Waals surface area contributed by atoms with Crippen molar-refractivity contribution < 1.29 is 13.2 Å². The van der Waals surface area contributed by atoms with Crippen molar-refractivity contribution in [2.45, 2.75) is 36.6 Å². The van der Waals surface area contributed by atoms with Crippen LogP contribution in [-0.2, 0) is 21.4 Å². The number of aryl methyl sites for hydroxylation is 1. The first-order valence-electron chi connectivity index (χ1n) is 10.8. The van der Waals surface area contributed by atoms with E-state index in [1.54, 1.807) is 22.4 Å². The van der Waals surface area contributed by atoms with Gasteiger partial charge in [0.25, 0.3) is 10.0 Å². The molecule has 3 heterocycles. The van der Waals surface area contributed by atoms with Gasteiger partial charge in [-0.05, 0) is 54.5 Å². The summed E-state index contributed by atoms with van der Waals surface area (Å²) in [5.74, 6) is -0.260. The molecule has 176 valence electrons. The molecule has 0 N–H and O–H groups in total. The second-order valence-corrected chi connectivity index (χ2v) is 12.6. The number of aromatic nitrogens is 1. The molecule has 1 atom stereocenters. The van der Waals surface area contributed by atoms with E-state index in [0.29, 0.717) is 36.1 Å². The largest absolute Gasteiger partial charge is 0.282 e. The summed E-state index contributed by atoms with van der Waals surface area (Å²) in [7, 11) is -3.75. The van der Waals surface area contributed by atoms with E-state index in [4.69, 9.17) is 16.6 Å². The zero-order chi connectivity index (χ0) is 23.9. The Hall–Kier alpha value is -2.30. The molecule has 0 bridgehead atoms. The van der Waals surface area contributed by atoms with Crippen LogP contribution in [0.2, 0.25) is 5.02 Å². The zero-order valence-electron chi connectivity index (χ0n) is 18.3. The van der Waals surface area contributed by atoms with E-state index in [-0.39, 0.29) is 10.1 Å². The highest BCUT2D eigenvalue weighted by Crippen LogP contribution is 2.36. The number of nitrogens with zero attached hydrogens (tertiary/aromatic N) is 3. The first-order chi connectivity index (χ1) is 16.4. The maximum atomic E-state index is 14.0. The number of halogens is 1. The van der Waals surface area contributed by atoms with Crippen molar-refractivity contribution in [3.05, 3.63) is 76.1 Å². The number of hydrogen-bond donors (Lipinski definition) is 0. The van der Waals surface area contributed by atoms with Crippen LogP contribution in [-0.4, -0.2) is 36.2 Å². The fraction of sp³-hybridized carbons (Fsp3) is 0.250. The molecular formula is C24H22ClN3O3S3. The molecule has 0 saturated carbocycles. The maximum Gasteiger partial charge on any atom is 0.253 e. The van der Waals surface area contributed by atoms with E-state index >= 15 is 0 Å². The summed E-state index contributed by atoms with van der Waals surface area (Å²) in [4.78, 5) is 20.4. The SMILES string of the molecule is Cc1c(Cl)ccc2sc(N(Cc3ccccc3)C(=O)C3CCCN3S(=O)(=O)c3cccs3)nc12. The molecule has 1 unspecified atom stereocenters. The second kappa shape index (κ2) is 9.39. The number of benzene rings is 2. The summed E-state index contributed by atoms with van der Waals surface area (Å²) < 4.78 is 29.1. The molecule has 34 heavy (non-hydrogen) atoms. The summed E-state index contributed by atoms with van der Waals surface area (Å²) in [6, 6.07) is 15.9. The van der Waals surface area contributed by atoms with Crippen molar-refractivity contribution in [2.24, 2.45) is 0 Å². The third-order valence-corrected chi connectivity index (χ3v) is 10.7. The molecule has 1 amide bonds. The molecule has 4 aromatic rings. The van der Waals surface area contributed by atoms with Crippen LogP contribution >= 0.6 is 34.3 Å². The van der Waals surface area contributed by atoms with E-state index in [2.05, 4.69) is 0 Å². The molecule has 0 aliphatic carbocycles. The molecule has 0 radical (unpaired) electrons. The molecule has 1 fully saturated rings. The molecular weight excluding hydrogens is 510 g/mol. The molecule has 2 aromatic heterocycles. The highest BCUT2D eigenvalue weighted by atomic mass is 35.5. The molecule has 2 aromatic carbocycles. The average Bonchev–Trinajstić information content (AvgIpc) is 3.61. The summed E-state index contributed by atoms with van der Waals surface area (Å²) in [6.07, 6.45) is 1.11. The predicted octanol–water partition coefficient (Wildman–Crippen LogP) is 5.71. The Morgan fingerprint density at radius 1 is 1.18 bits per heavy atom. The van der Waals surface area contributed by atoms with Gasteiger partial charge < -0.3 is 0 Å². The van der Waals surface area contributed by atoms with Crippen LogP contribution in [0.25, 0.3) is 10.2 Å². The molecule has 10 heteroatoms. The second-order valence-electron chi connectivity index (χ2n) is 8.13. The number of thiazole rings is 1.